The van der Waals surface area contributed by atoms with E-state index in [4.69, 9.17) is 15.2 Å². The van der Waals surface area contributed by atoms with Gasteiger partial charge in [-0.2, -0.15) is 5.10 Å². The normalized spacial score (nSPS) is 10.8. The third kappa shape index (κ3) is 6.89. The van der Waals surface area contributed by atoms with Crippen molar-refractivity contribution in [1.82, 2.24) is 15.6 Å². The van der Waals surface area contributed by atoms with Crippen LogP contribution in [0.1, 0.15) is 16.1 Å². The van der Waals surface area contributed by atoms with Crippen LogP contribution in [0.25, 0.3) is 0 Å². The summed E-state index contributed by atoms with van der Waals surface area (Å²) in [4.78, 5) is 11.8. The van der Waals surface area contributed by atoms with E-state index in [1.54, 1.807) is 6.21 Å². The van der Waals surface area contributed by atoms with Crippen molar-refractivity contribution in [1.29, 1.82) is 0 Å². The van der Waals surface area contributed by atoms with Gasteiger partial charge in [0.25, 0.3) is 0 Å². The number of hydrogen-bond donors (Lipinski definition) is 2. The van der Waals surface area contributed by atoms with Crippen LogP contribution < -0.4 is 20.6 Å². The predicted molar refractivity (Wildman–Crippen MR) is 112 cm³/mol. The van der Waals surface area contributed by atoms with Crippen LogP contribution in [0.4, 0.5) is 5.13 Å². The lowest BCUT2D eigenvalue weighted by Crippen LogP contribution is -2.19. The van der Waals surface area contributed by atoms with Crippen LogP contribution in [0.2, 0.25) is 0 Å². The fourth-order valence-corrected chi connectivity index (χ4v) is 2.98. The average Bonchev–Trinajstić information content (AvgIpc) is 3.11. The van der Waals surface area contributed by atoms with E-state index in [-0.39, 0.29) is 12.3 Å². The molecule has 0 bridgehead atoms. The Morgan fingerprint density at radius 3 is 2.59 bits per heavy atom. The zero-order chi connectivity index (χ0) is 20.5. The number of anilines is 1. The van der Waals surface area contributed by atoms with Crippen LogP contribution in [0, 0.1) is 6.92 Å². The quantitative estimate of drug-likeness (QED) is 0.318. The highest BCUT2D eigenvalue weighted by Gasteiger charge is 2.07. The molecule has 9 heteroatoms. The molecule has 0 spiro atoms. The molecule has 0 aliphatic heterocycles. The van der Waals surface area contributed by atoms with Crippen molar-refractivity contribution in [2.24, 2.45) is 5.10 Å². The van der Waals surface area contributed by atoms with Gasteiger partial charge in [-0.05, 0) is 54.4 Å². The zero-order valence-electron chi connectivity index (χ0n) is 15.9. The minimum atomic E-state index is -0.286. The smallest absolute Gasteiger partial charge is 0.247 e. The number of benzene rings is 2. The van der Waals surface area contributed by atoms with Gasteiger partial charge < -0.3 is 15.2 Å². The van der Waals surface area contributed by atoms with Gasteiger partial charge in [0.05, 0.1) is 12.6 Å². The molecule has 0 atom stereocenters. The molecule has 1 aromatic heterocycles. The molecule has 0 aliphatic rings. The van der Waals surface area contributed by atoms with Crippen molar-refractivity contribution in [3.63, 3.8) is 0 Å². The van der Waals surface area contributed by atoms with Crippen LogP contribution >= 0.6 is 11.3 Å². The molecule has 29 heavy (non-hydrogen) atoms. The Morgan fingerprint density at radius 2 is 1.90 bits per heavy atom. The van der Waals surface area contributed by atoms with E-state index < -0.39 is 0 Å². The summed E-state index contributed by atoms with van der Waals surface area (Å²) in [6.45, 7) is 2.92. The molecule has 0 saturated heterocycles. The molecule has 0 unspecified atom stereocenters. The number of ether oxygens (including phenoxy) is 2. The lowest BCUT2D eigenvalue weighted by Gasteiger charge is -2.09. The van der Waals surface area contributed by atoms with Crippen molar-refractivity contribution in [2.75, 3.05) is 18.9 Å². The summed E-state index contributed by atoms with van der Waals surface area (Å²) < 4.78 is 11.3. The largest absolute Gasteiger partial charge is 0.490 e. The van der Waals surface area contributed by atoms with Crippen molar-refractivity contribution >= 4 is 28.6 Å². The monoisotopic (exact) mass is 411 g/mol. The third-order valence-electron chi connectivity index (χ3n) is 3.69. The lowest BCUT2D eigenvalue weighted by molar-refractivity contribution is -0.120. The number of carbonyl (C=O) groups excluding carboxylic acids is 1. The van der Waals surface area contributed by atoms with E-state index in [1.165, 1.54) is 11.3 Å². The first kappa shape index (κ1) is 20.3. The number of carbonyl (C=O) groups is 1. The second-order valence-corrected chi connectivity index (χ2v) is 7.18. The topological polar surface area (TPSA) is 112 Å². The first-order valence-electron chi connectivity index (χ1n) is 8.90. The molecule has 0 saturated carbocycles. The summed E-state index contributed by atoms with van der Waals surface area (Å²) in [7, 11) is 0. The maximum atomic E-state index is 11.8. The highest BCUT2D eigenvalue weighted by atomic mass is 32.1. The van der Waals surface area contributed by atoms with Gasteiger partial charge in [-0.15, -0.1) is 10.2 Å². The molecule has 0 aliphatic carbocycles. The molecule has 2 aromatic carbocycles. The van der Waals surface area contributed by atoms with Crippen LogP contribution in [0.15, 0.2) is 53.6 Å². The van der Waals surface area contributed by atoms with Crippen molar-refractivity contribution in [3.05, 3.63) is 64.7 Å². The van der Waals surface area contributed by atoms with Gasteiger partial charge in [-0.25, -0.2) is 5.43 Å². The van der Waals surface area contributed by atoms with E-state index >= 15 is 0 Å². The molecular formula is C20H21N5O3S. The number of hydrogen-bond acceptors (Lipinski definition) is 8. The predicted octanol–water partition coefficient (Wildman–Crippen LogP) is 2.58. The maximum Gasteiger partial charge on any atom is 0.247 e. The van der Waals surface area contributed by atoms with Crippen LogP contribution in [-0.2, 0) is 11.2 Å². The fourth-order valence-electron chi connectivity index (χ4n) is 2.37. The number of nitrogens with two attached hydrogens (primary N) is 1. The summed E-state index contributed by atoms with van der Waals surface area (Å²) in [6.07, 6.45) is 1.64. The Balaban J connectivity index is 1.37. The van der Waals surface area contributed by atoms with Gasteiger partial charge in [0.1, 0.15) is 29.7 Å². The number of hydrazone groups is 1. The number of nitrogens with zero attached hydrogens (tertiary/aromatic N) is 3. The molecule has 1 heterocycles. The minimum Gasteiger partial charge on any atom is -0.490 e. The fraction of sp³-hybridized carbons (Fsp3) is 0.200. The third-order valence-corrected chi connectivity index (χ3v) is 4.44. The van der Waals surface area contributed by atoms with Crippen molar-refractivity contribution in [3.8, 4) is 11.5 Å². The number of aromatic nitrogens is 2. The average molecular weight is 411 g/mol. The number of rotatable bonds is 9. The second-order valence-electron chi connectivity index (χ2n) is 6.09. The van der Waals surface area contributed by atoms with E-state index in [1.807, 2.05) is 55.5 Å². The lowest BCUT2D eigenvalue weighted by atomic mass is 10.2. The molecule has 3 aromatic rings. The van der Waals surface area contributed by atoms with Gasteiger partial charge in [0.15, 0.2) is 0 Å². The highest BCUT2D eigenvalue weighted by molar-refractivity contribution is 7.15. The van der Waals surface area contributed by atoms with Crippen LogP contribution in [0.5, 0.6) is 11.5 Å². The van der Waals surface area contributed by atoms with E-state index in [2.05, 4.69) is 20.7 Å². The highest BCUT2D eigenvalue weighted by Crippen LogP contribution is 2.14. The molecule has 150 valence electrons. The second kappa shape index (κ2) is 10.2. The van der Waals surface area contributed by atoms with E-state index in [9.17, 15) is 4.79 Å². The van der Waals surface area contributed by atoms with Gasteiger partial charge in [0.2, 0.25) is 11.0 Å². The summed E-state index contributed by atoms with van der Waals surface area (Å²) in [5.74, 6) is 1.27. The molecular weight excluding hydrogens is 390 g/mol. The zero-order valence-corrected chi connectivity index (χ0v) is 16.7. The number of nitrogens with one attached hydrogen (secondary N) is 1. The molecule has 0 radical (unpaired) electrons. The van der Waals surface area contributed by atoms with E-state index in [0.717, 1.165) is 22.6 Å². The first-order valence-corrected chi connectivity index (χ1v) is 9.72. The summed E-state index contributed by atoms with van der Waals surface area (Å²) in [6, 6.07) is 15.2. The number of nitrogen functional groups attached to an aromatic ring is 1. The molecule has 8 nitrogen and oxygen atoms in total. The molecule has 3 N–H and O–H groups in total. The molecule has 1 amide bonds. The van der Waals surface area contributed by atoms with Gasteiger partial charge >= 0.3 is 0 Å². The van der Waals surface area contributed by atoms with Gasteiger partial charge in [-0.1, -0.05) is 23.5 Å². The molecule has 0 fully saturated rings. The number of aryl methyl sites for hydroxylation is 1. The summed E-state index contributed by atoms with van der Waals surface area (Å²) in [5.41, 5.74) is 9.91. The van der Waals surface area contributed by atoms with Gasteiger partial charge in [0, 0.05) is 0 Å². The van der Waals surface area contributed by atoms with Crippen LogP contribution in [0.3, 0.4) is 0 Å². The first-order chi connectivity index (χ1) is 14.1. The van der Waals surface area contributed by atoms with Crippen molar-refractivity contribution < 1.29 is 14.3 Å². The van der Waals surface area contributed by atoms with Crippen LogP contribution in [-0.4, -0.2) is 35.5 Å². The Morgan fingerprint density at radius 1 is 1.14 bits per heavy atom. The Labute approximate surface area is 172 Å². The Kier molecular flexibility index (Phi) is 7.12. The standard InChI is InChI=1S/C20H21N5O3S/c1-14-3-2-4-17(11-14)28-10-9-27-16-7-5-15(6-8-16)13-22-23-18(26)12-19-24-25-20(21)29-19/h2-8,11,13H,9-10,12H2,1H3,(H2,21,25)(H,23,26). The van der Waals surface area contributed by atoms with E-state index in [0.29, 0.717) is 23.4 Å². The molecule has 3 rings (SSSR count). The Bertz CT molecular complexity index is 972. The SMILES string of the molecule is Cc1cccc(OCCOc2ccc(C=NNC(=O)Cc3nnc(N)s3)cc2)c1. The van der Waals surface area contributed by atoms with Crippen molar-refractivity contribution in [2.45, 2.75) is 13.3 Å². The van der Waals surface area contributed by atoms with Gasteiger partial charge in [-0.3, -0.25) is 4.79 Å². The Hall–Kier alpha value is -3.46. The maximum absolute atomic E-state index is 11.8. The number of amides is 1. The minimum absolute atomic E-state index is 0.0869. The summed E-state index contributed by atoms with van der Waals surface area (Å²) in [5, 5.41) is 12.3. The summed E-state index contributed by atoms with van der Waals surface area (Å²) >= 11 is 1.17.